The van der Waals surface area contributed by atoms with Gasteiger partial charge in [0.05, 0.1) is 0 Å². The molecule has 0 fully saturated rings. The van der Waals surface area contributed by atoms with E-state index in [1.54, 1.807) is 0 Å². The number of Topliss-reactive ketones (excluding diaryl/α,β-unsaturated/α-hetero) is 1. The molecule has 0 spiro atoms. The fourth-order valence-corrected chi connectivity index (χ4v) is 3.27. The van der Waals surface area contributed by atoms with Crippen LogP contribution < -0.4 is 0 Å². The number of ketones is 1. The van der Waals surface area contributed by atoms with Gasteiger partial charge in [0.2, 0.25) is 0 Å². The Morgan fingerprint density at radius 3 is 2.07 bits per heavy atom. The summed E-state index contributed by atoms with van der Waals surface area (Å²) in [6.45, 7) is 7.46. The molecule has 0 amide bonds. The molecule has 0 atom stereocenters. The molecule has 0 bridgehead atoms. The lowest BCUT2D eigenvalue weighted by molar-refractivity contribution is -0.110. The molecule has 0 heterocycles. The molecule has 0 saturated heterocycles. The standard InChI is InChI=1S/C27H27NO.ClH/c1-21-14-16-23(17-15-21)18-26(25-12-8-5-9-13-25)27(29)22(2)19-28(3)20-24-10-6-4-7-11-24;/h4-18H,2,19-20H2,1,3H3;1H/b26-18-;. The molecule has 154 valence electrons. The molecule has 0 N–H and O–H groups in total. The minimum Gasteiger partial charge on any atom is -0.298 e. The topological polar surface area (TPSA) is 20.3 Å². The van der Waals surface area contributed by atoms with Crippen LogP contribution in [0.2, 0.25) is 0 Å². The predicted octanol–water partition coefficient (Wildman–Crippen LogP) is 6.21. The maximum absolute atomic E-state index is 13.3. The van der Waals surface area contributed by atoms with E-state index in [-0.39, 0.29) is 18.2 Å². The Morgan fingerprint density at radius 2 is 1.47 bits per heavy atom. The Hall–Kier alpha value is -2.94. The van der Waals surface area contributed by atoms with E-state index in [1.807, 2.05) is 73.8 Å². The molecule has 3 aromatic rings. The zero-order valence-corrected chi connectivity index (χ0v) is 18.4. The molecule has 0 saturated carbocycles. The van der Waals surface area contributed by atoms with Gasteiger partial charge in [0, 0.05) is 24.2 Å². The van der Waals surface area contributed by atoms with Crippen molar-refractivity contribution >= 4 is 29.8 Å². The van der Waals surface area contributed by atoms with Gasteiger partial charge in [-0.3, -0.25) is 9.69 Å². The summed E-state index contributed by atoms with van der Waals surface area (Å²) in [7, 11) is 2.01. The summed E-state index contributed by atoms with van der Waals surface area (Å²) < 4.78 is 0. The summed E-state index contributed by atoms with van der Waals surface area (Å²) in [5.41, 5.74) is 5.59. The van der Waals surface area contributed by atoms with Crippen LogP contribution in [-0.4, -0.2) is 24.3 Å². The Balaban J connectivity index is 0.00000320. The van der Waals surface area contributed by atoms with Gasteiger partial charge in [-0.05, 0) is 36.7 Å². The molecule has 0 aliphatic heterocycles. The quantitative estimate of drug-likeness (QED) is 0.320. The smallest absolute Gasteiger partial charge is 0.190 e. The Kier molecular flexibility index (Phi) is 8.79. The number of aryl methyl sites for hydroxylation is 1. The van der Waals surface area contributed by atoms with Gasteiger partial charge in [0.25, 0.3) is 0 Å². The third-order valence-corrected chi connectivity index (χ3v) is 4.79. The highest BCUT2D eigenvalue weighted by Gasteiger charge is 2.17. The van der Waals surface area contributed by atoms with E-state index in [9.17, 15) is 4.79 Å². The summed E-state index contributed by atoms with van der Waals surface area (Å²) >= 11 is 0. The zero-order valence-electron chi connectivity index (χ0n) is 17.5. The van der Waals surface area contributed by atoms with Gasteiger partial charge in [-0.2, -0.15) is 0 Å². The average Bonchev–Trinajstić information content (AvgIpc) is 2.74. The van der Waals surface area contributed by atoms with E-state index in [4.69, 9.17) is 0 Å². The highest BCUT2D eigenvalue weighted by Crippen LogP contribution is 2.23. The van der Waals surface area contributed by atoms with E-state index in [1.165, 1.54) is 11.1 Å². The van der Waals surface area contributed by atoms with E-state index in [0.717, 1.165) is 17.7 Å². The lowest BCUT2D eigenvalue weighted by atomic mass is 9.95. The molecule has 0 radical (unpaired) electrons. The van der Waals surface area contributed by atoms with E-state index >= 15 is 0 Å². The molecule has 0 aliphatic rings. The summed E-state index contributed by atoms with van der Waals surface area (Å²) in [5.74, 6) is -0.0170. The van der Waals surface area contributed by atoms with Gasteiger partial charge in [0.15, 0.2) is 5.78 Å². The van der Waals surface area contributed by atoms with Crippen molar-refractivity contribution in [2.75, 3.05) is 13.6 Å². The third-order valence-electron chi connectivity index (χ3n) is 4.79. The third kappa shape index (κ3) is 6.55. The first kappa shape index (κ1) is 23.3. The van der Waals surface area contributed by atoms with Crippen LogP contribution in [0.25, 0.3) is 11.6 Å². The van der Waals surface area contributed by atoms with Gasteiger partial charge in [-0.25, -0.2) is 0 Å². The van der Waals surface area contributed by atoms with Crippen molar-refractivity contribution in [2.24, 2.45) is 0 Å². The SMILES string of the molecule is C=C(CN(C)Cc1ccccc1)C(=O)/C(=C\c1ccc(C)cc1)c1ccccc1.Cl. The van der Waals surface area contributed by atoms with Crippen molar-refractivity contribution in [3.05, 3.63) is 119 Å². The number of halogens is 1. The number of carbonyl (C=O) groups excluding carboxylic acids is 1. The molecule has 3 aromatic carbocycles. The highest BCUT2D eigenvalue weighted by molar-refractivity contribution is 6.32. The fraction of sp³-hybridized carbons (Fsp3) is 0.148. The van der Waals surface area contributed by atoms with Crippen molar-refractivity contribution in [1.29, 1.82) is 0 Å². The number of rotatable bonds is 8. The molecule has 0 unspecified atom stereocenters. The Labute approximate surface area is 186 Å². The monoisotopic (exact) mass is 417 g/mol. The average molecular weight is 418 g/mol. The van der Waals surface area contributed by atoms with Crippen LogP contribution in [0.15, 0.2) is 97.1 Å². The fourth-order valence-electron chi connectivity index (χ4n) is 3.27. The van der Waals surface area contributed by atoms with E-state index < -0.39 is 0 Å². The van der Waals surface area contributed by atoms with Crippen molar-refractivity contribution in [3.63, 3.8) is 0 Å². The Bertz CT molecular complexity index is 992. The lowest BCUT2D eigenvalue weighted by Crippen LogP contribution is -2.23. The zero-order chi connectivity index (χ0) is 20.6. The molecular formula is C27H28ClNO. The van der Waals surface area contributed by atoms with Crippen LogP contribution in [0.3, 0.4) is 0 Å². The normalized spacial score (nSPS) is 11.1. The number of carbonyl (C=O) groups is 1. The van der Waals surface area contributed by atoms with Crippen LogP contribution in [-0.2, 0) is 11.3 Å². The predicted molar refractivity (Wildman–Crippen MR) is 130 cm³/mol. The van der Waals surface area contributed by atoms with Crippen LogP contribution in [0.1, 0.15) is 22.3 Å². The van der Waals surface area contributed by atoms with Crippen molar-refractivity contribution < 1.29 is 4.79 Å². The second-order valence-electron chi connectivity index (χ2n) is 7.43. The number of hydrogen-bond donors (Lipinski definition) is 0. The van der Waals surface area contributed by atoms with Gasteiger partial charge >= 0.3 is 0 Å². The molecule has 3 rings (SSSR count). The second-order valence-corrected chi connectivity index (χ2v) is 7.43. The summed E-state index contributed by atoms with van der Waals surface area (Å²) in [4.78, 5) is 15.4. The van der Waals surface area contributed by atoms with Crippen LogP contribution in [0.5, 0.6) is 0 Å². The minimum atomic E-state index is -0.0170. The first-order valence-corrected chi connectivity index (χ1v) is 9.81. The molecule has 30 heavy (non-hydrogen) atoms. The molecular weight excluding hydrogens is 390 g/mol. The van der Waals surface area contributed by atoms with Crippen LogP contribution >= 0.6 is 12.4 Å². The van der Waals surface area contributed by atoms with Crippen molar-refractivity contribution in [2.45, 2.75) is 13.5 Å². The maximum atomic E-state index is 13.3. The van der Waals surface area contributed by atoms with Gasteiger partial charge < -0.3 is 0 Å². The number of benzene rings is 3. The largest absolute Gasteiger partial charge is 0.298 e. The second kappa shape index (κ2) is 11.3. The molecule has 0 aromatic heterocycles. The molecule has 0 aliphatic carbocycles. The molecule has 2 nitrogen and oxygen atoms in total. The van der Waals surface area contributed by atoms with Crippen LogP contribution in [0, 0.1) is 6.92 Å². The summed E-state index contributed by atoms with van der Waals surface area (Å²) in [6, 6.07) is 28.2. The number of hydrogen-bond acceptors (Lipinski definition) is 2. The minimum absolute atomic E-state index is 0. The van der Waals surface area contributed by atoms with Gasteiger partial charge in [-0.1, -0.05) is 97.1 Å². The van der Waals surface area contributed by atoms with Crippen LogP contribution in [0.4, 0.5) is 0 Å². The van der Waals surface area contributed by atoms with E-state index in [2.05, 4.69) is 42.7 Å². The summed E-state index contributed by atoms with van der Waals surface area (Å²) in [5, 5.41) is 0. The van der Waals surface area contributed by atoms with Crippen molar-refractivity contribution in [1.82, 2.24) is 4.90 Å². The number of likely N-dealkylation sites (N-methyl/N-ethyl adjacent to an activating group) is 1. The number of nitrogens with zero attached hydrogens (tertiary/aromatic N) is 1. The number of allylic oxidation sites excluding steroid dienone is 1. The maximum Gasteiger partial charge on any atom is 0.190 e. The summed E-state index contributed by atoms with van der Waals surface area (Å²) in [6.07, 6.45) is 1.96. The van der Waals surface area contributed by atoms with Gasteiger partial charge in [0.1, 0.15) is 0 Å². The van der Waals surface area contributed by atoms with E-state index in [0.29, 0.717) is 17.7 Å². The highest BCUT2D eigenvalue weighted by atomic mass is 35.5. The first-order chi connectivity index (χ1) is 14.0. The molecule has 3 heteroatoms. The van der Waals surface area contributed by atoms with Crippen molar-refractivity contribution in [3.8, 4) is 0 Å². The van der Waals surface area contributed by atoms with Gasteiger partial charge in [-0.15, -0.1) is 12.4 Å². The Morgan fingerprint density at radius 1 is 0.900 bits per heavy atom. The first-order valence-electron chi connectivity index (χ1n) is 9.81. The lowest BCUT2D eigenvalue weighted by Gasteiger charge is -2.18.